The van der Waals surface area contributed by atoms with E-state index in [1.54, 1.807) is 6.07 Å². The molecule has 16 heavy (non-hydrogen) atoms. The van der Waals surface area contributed by atoms with Crippen LogP contribution in [0.3, 0.4) is 0 Å². The Kier molecular flexibility index (Phi) is 4.00. The standard InChI is InChI=1S/C9H7Br2Cl2N3/c10-4-3-5(11)7(13)8(6(4)12)16-9-14-1-2-15-9/h3H,1-2H2,(H2,14,15,16). The Morgan fingerprint density at radius 1 is 1.25 bits per heavy atom. The Hall–Kier alpha value is 0.0300. The van der Waals surface area contributed by atoms with Crippen LogP contribution in [-0.4, -0.2) is 19.0 Å². The largest absolute Gasteiger partial charge is 0.354 e. The highest BCUT2D eigenvalue weighted by Crippen LogP contribution is 2.41. The molecule has 1 aliphatic heterocycles. The van der Waals surface area contributed by atoms with Crippen LogP contribution < -0.4 is 10.6 Å². The third-order valence-corrected chi connectivity index (χ3v) is 4.52. The van der Waals surface area contributed by atoms with Gasteiger partial charge in [0.1, 0.15) is 0 Å². The minimum absolute atomic E-state index is 0.532. The first-order valence-corrected chi connectivity index (χ1v) is 6.82. The fourth-order valence-electron chi connectivity index (χ4n) is 1.28. The Bertz CT molecular complexity index is 436. The second-order valence-corrected chi connectivity index (χ2v) is 5.59. The highest BCUT2D eigenvalue weighted by Gasteiger charge is 2.15. The zero-order chi connectivity index (χ0) is 11.7. The number of nitrogens with zero attached hydrogens (tertiary/aromatic N) is 1. The van der Waals surface area contributed by atoms with Crippen molar-refractivity contribution in [1.29, 1.82) is 0 Å². The van der Waals surface area contributed by atoms with Gasteiger partial charge in [-0.1, -0.05) is 23.2 Å². The van der Waals surface area contributed by atoms with E-state index >= 15 is 0 Å². The normalized spacial score (nSPS) is 14.6. The van der Waals surface area contributed by atoms with Crippen molar-refractivity contribution in [3.8, 4) is 0 Å². The molecule has 0 amide bonds. The van der Waals surface area contributed by atoms with Crippen LogP contribution >= 0.6 is 55.1 Å². The van der Waals surface area contributed by atoms with Crippen molar-refractivity contribution in [1.82, 2.24) is 5.32 Å². The molecular formula is C9H7Br2Cl2N3. The molecule has 0 saturated carbocycles. The first-order chi connectivity index (χ1) is 7.59. The van der Waals surface area contributed by atoms with Crippen molar-refractivity contribution >= 4 is 66.7 Å². The maximum atomic E-state index is 6.15. The van der Waals surface area contributed by atoms with E-state index in [-0.39, 0.29) is 0 Å². The highest BCUT2D eigenvalue weighted by atomic mass is 79.9. The number of rotatable bonds is 1. The zero-order valence-electron chi connectivity index (χ0n) is 7.95. The maximum absolute atomic E-state index is 6.15. The monoisotopic (exact) mass is 385 g/mol. The van der Waals surface area contributed by atoms with Crippen molar-refractivity contribution < 1.29 is 0 Å². The molecule has 1 heterocycles. The highest BCUT2D eigenvalue weighted by molar-refractivity contribution is 9.11. The number of benzene rings is 1. The fourth-order valence-corrected chi connectivity index (χ4v) is 2.89. The van der Waals surface area contributed by atoms with Crippen LogP contribution in [0.2, 0.25) is 10.0 Å². The summed E-state index contributed by atoms with van der Waals surface area (Å²) in [5.41, 5.74) is 0.637. The lowest BCUT2D eigenvalue weighted by Gasteiger charge is -2.12. The van der Waals surface area contributed by atoms with Crippen LogP contribution in [0.5, 0.6) is 0 Å². The predicted molar refractivity (Wildman–Crippen MR) is 75.8 cm³/mol. The third kappa shape index (κ3) is 2.47. The minimum Gasteiger partial charge on any atom is -0.354 e. The molecule has 7 heteroatoms. The molecule has 0 atom stereocenters. The molecule has 1 aliphatic rings. The lowest BCUT2D eigenvalue weighted by molar-refractivity contribution is 0.959. The summed E-state index contributed by atoms with van der Waals surface area (Å²) >= 11 is 19.0. The summed E-state index contributed by atoms with van der Waals surface area (Å²) in [6, 6.07) is 1.81. The fraction of sp³-hybridized carbons (Fsp3) is 0.222. The van der Waals surface area contributed by atoms with Gasteiger partial charge < -0.3 is 10.6 Å². The molecule has 2 N–H and O–H groups in total. The van der Waals surface area contributed by atoms with Gasteiger partial charge in [-0.2, -0.15) is 0 Å². The van der Waals surface area contributed by atoms with Gasteiger partial charge >= 0.3 is 0 Å². The van der Waals surface area contributed by atoms with Gasteiger partial charge in [-0.05, 0) is 37.9 Å². The Morgan fingerprint density at radius 3 is 2.38 bits per heavy atom. The molecule has 0 spiro atoms. The van der Waals surface area contributed by atoms with Crippen molar-refractivity contribution in [3.05, 3.63) is 25.1 Å². The summed E-state index contributed by atoms with van der Waals surface area (Å²) in [6.45, 7) is 1.58. The molecule has 0 radical (unpaired) electrons. The Morgan fingerprint density at radius 2 is 1.88 bits per heavy atom. The van der Waals surface area contributed by atoms with E-state index in [0.717, 1.165) is 22.0 Å². The lowest BCUT2D eigenvalue weighted by atomic mass is 10.3. The van der Waals surface area contributed by atoms with Crippen LogP contribution in [0, 0.1) is 0 Å². The van der Waals surface area contributed by atoms with Gasteiger partial charge in [0.25, 0.3) is 0 Å². The van der Waals surface area contributed by atoms with E-state index in [4.69, 9.17) is 23.2 Å². The van der Waals surface area contributed by atoms with Gasteiger partial charge in [-0.25, -0.2) is 0 Å². The average molecular weight is 388 g/mol. The first-order valence-electron chi connectivity index (χ1n) is 4.48. The van der Waals surface area contributed by atoms with Gasteiger partial charge in [0.15, 0.2) is 5.96 Å². The third-order valence-electron chi connectivity index (χ3n) is 2.03. The smallest absolute Gasteiger partial charge is 0.196 e. The molecule has 86 valence electrons. The molecule has 0 aliphatic carbocycles. The summed E-state index contributed by atoms with van der Waals surface area (Å²) in [7, 11) is 0. The molecule has 0 aromatic heterocycles. The molecule has 2 rings (SSSR count). The second-order valence-electron chi connectivity index (χ2n) is 3.13. The van der Waals surface area contributed by atoms with E-state index in [1.807, 2.05) is 0 Å². The molecule has 1 aromatic rings. The minimum atomic E-state index is 0.532. The summed E-state index contributed by atoms with van der Waals surface area (Å²) in [4.78, 5) is 4.22. The van der Waals surface area contributed by atoms with Crippen molar-refractivity contribution in [3.63, 3.8) is 0 Å². The van der Waals surface area contributed by atoms with E-state index in [0.29, 0.717) is 21.7 Å². The number of nitrogens with one attached hydrogen (secondary N) is 2. The second kappa shape index (κ2) is 5.12. The zero-order valence-corrected chi connectivity index (χ0v) is 12.6. The summed E-state index contributed by atoms with van der Waals surface area (Å²) in [5.74, 6) is 0.689. The van der Waals surface area contributed by atoms with Crippen LogP contribution in [0.25, 0.3) is 0 Å². The van der Waals surface area contributed by atoms with E-state index in [1.165, 1.54) is 0 Å². The maximum Gasteiger partial charge on any atom is 0.196 e. The van der Waals surface area contributed by atoms with Crippen molar-refractivity contribution in [2.24, 2.45) is 4.99 Å². The van der Waals surface area contributed by atoms with E-state index in [9.17, 15) is 0 Å². The van der Waals surface area contributed by atoms with Crippen molar-refractivity contribution in [2.45, 2.75) is 0 Å². The van der Waals surface area contributed by atoms with Gasteiger partial charge in [-0.3, -0.25) is 4.99 Å². The summed E-state index contributed by atoms with van der Waals surface area (Å²) < 4.78 is 1.54. The number of halogens is 4. The number of anilines is 1. The van der Waals surface area contributed by atoms with Gasteiger partial charge in [0.05, 0.1) is 22.3 Å². The summed E-state index contributed by atoms with van der Waals surface area (Å²) in [5, 5.41) is 7.23. The Labute approximate surface area is 120 Å². The van der Waals surface area contributed by atoms with Gasteiger partial charge in [0.2, 0.25) is 0 Å². The Balaban J connectivity index is 2.38. The molecule has 0 bridgehead atoms. The molecule has 0 saturated heterocycles. The molecule has 3 nitrogen and oxygen atoms in total. The lowest BCUT2D eigenvalue weighted by Crippen LogP contribution is -2.26. The van der Waals surface area contributed by atoms with Gasteiger partial charge in [0, 0.05) is 15.5 Å². The van der Waals surface area contributed by atoms with Crippen LogP contribution in [0.15, 0.2) is 20.0 Å². The van der Waals surface area contributed by atoms with E-state index < -0.39 is 0 Å². The SMILES string of the molecule is Clc1c(Br)cc(Br)c(Cl)c1NC1=NCCN1. The number of aliphatic imine (C=N–C) groups is 1. The molecule has 1 aromatic carbocycles. The predicted octanol–water partition coefficient (Wildman–Crippen LogP) is 3.89. The number of hydrogen-bond acceptors (Lipinski definition) is 3. The first kappa shape index (κ1) is 12.5. The van der Waals surface area contributed by atoms with Gasteiger partial charge in [-0.15, -0.1) is 0 Å². The van der Waals surface area contributed by atoms with E-state index in [2.05, 4.69) is 47.5 Å². The molecule has 0 fully saturated rings. The molecule has 0 unspecified atom stereocenters. The molecular weight excluding hydrogens is 381 g/mol. The number of hydrogen-bond donors (Lipinski definition) is 2. The van der Waals surface area contributed by atoms with Crippen LogP contribution in [0.1, 0.15) is 0 Å². The quantitative estimate of drug-likeness (QED) is 0.717. The van der Waals surface area contributed by atoms with Crippen molar-refractivity contribution in [2.75, 3.05) is 18.4 Å². The van der Waals surface area contributed by atoms with Crippen LogP contribution in [-0.2, 0) is 0 Å². The topological polar surface area (TPSA) is 36.4 Å². The summed E-state index contributed by atoms with van der Waals surface area (Å²) in [6.07, 6.45) is 0. The average Bonchev–Trinajstić information content (AvgIpc) is 2.74. The van der Waals surface area contributed by atoms with Crippen LogP contribution in [0.4, 0.5) is 5.69 Å². The number of guanidine groups is 1.